The van der Waals surface area contributed by atoms with Crippen LogP contribution in [0.2, 0.25) is 0 Å². The topological polar surface area (TPSA) is 52.6 Å². The fraction of sp³-hybridized carbons (Fsp3) is 0.833. The number of hydrogen-bond donors (Lipinski definition) is 0. The molecule has 0 radical (unpaired) electrons. The van der Waals surface area contributed by atoms with Crippen molar-refractivity contribution in [2.24, 2.45) is 5.41 Å². The standard InChI is InChI=1S/C12H21IO4/c1-9(14)16-8-10(6-5-7-13)17-11(15)12(2,3)4/h10H,5-8H2,1-4H3. The van der Waals surface area contributed by atoms with E-state index < -0.39 is 5.41 Å². The summed E-state index contributed by atoms with van der Waals surface area (Å²) in [5.74, 6) is -0.612. The van der Waals surface area contributed by atoms with Crippen molar-refractivity contribution in [1.82, 2.24) is 0 Å². The molecule has 5 heteroatoms. The zero-order valence-electron chi connectivity index (χ0n) is 10.9. The van der Waals surface area contributed by atoms with Gasteiger partial charge in [-0.2, -0.15) is 0 Å². The predicted octanol–water partition coefficient (Wildman–Crippen LogP) is 2.72. The van der Waals surface area contributed by atoms with Crippen LogP contribution >= 0.6 is 22.6 Å². The van der Waals surface area contributed by atoms with Gasteiger partial charge in [0.25, 0.3) is 0 Å². The molecule has 0 fully saturated rings. The van der Waals surface area contributed by atoms with Crippen molar-refractivity contribution in [3.63, 3.8) is 0 Å². The van der Waals surface area contributed by atoms with E-state index in [0.717, 1.165) is 17.3 Å². The number of carbonyl (C=O) groups excluding carboxylic acids is 2. The first kappa shape index (κ1) is 16.7. The Labute approximate surface area is 117 Å². The summed E-state index contributed by atoms with van der Waals surface area (Å²) in [6.45, 7) is 6.90. The lowest BCUT2D eigenvalue weighted by Gasteiger charge is -2.23. The van der Waals surface area contributed by atoms with Crippen LogP contribution in [0.25, 0.3) is 0 Å². The molecule has 1 unspecified atom stereocenters. The van der Waals surface area contributed by atoms with Gasteiger partial charge in [-0.05, 0) is 38.0 Å². The first-order valence-corrected chi connectivity index (χ1v) is 7.20. The quantitative estimate of drug-likeness (QED) is 0.417. The highest BCUT2D eigenvalue weighted by Crippen LogP contribution is 2.18. The molecular formula is C12H21IO4. The predicted molar refractivity (Wildman–Crippen MR) is 74.1 cm³/mol. The maximum Gasteiger partial charge on any atom is 0.311 e. The van der Waals surface area contributed by atoms with Crippen LogP contribution < -0.4 is 0 Å². The van der Waals surface area contributed by atoms with Crippen LogP contribution in [0.1, 0.15) is 40.5 Å². The van der Waals surface area contributed by atoms with Crippen LogP contribution in [0.4, 0.5) is 0 Å². The minimum Gasteiger partial charge on any atom is -0.462 e. The number of carbonyl (C=O) groups is 2. The Morgan fingerprint density at radius 3 is 2.29 bits per heavy atom. The number of hydrogen-bond acceptors (Lipinski definition) is 4. The third kappa shape index (κ3) is 8.40. The van der Waals surface area contributed by atoms with E-state index in [1.165, 1.54) is 6.92 Å². The van der Waals surface area contributed by atoms with Gasteiger partial charge in [0.2, 0.25) is 0 Å². The Hall–Kier alpha value is -0.330. The molecule has 0 aromatic rings. The summed E-state index contributed by atoms with van der Waals surface area (Å²) in [5.41, 5.74) is -0.529. The van der Waals surface area contributed by atoms with Gasteiger partial charge < -0.3 is 9.47 Å². The van der Waals surface area contributed by atoms with Crippen molar-refractivity contribution < 1.29 is 19.1 Å². The van der Waals surface area contributed by atoms with Crippen molar-refractivity contribution in [3.8, 4) is 0 Å². The molecule has 0 bridgehead atoms. The van der Waals surface area contributed by atoms with Crippen LogP contribution in [0.3, 0.4) is 0 Å². The Kier molecular flexibility index (Phi) is 7.74. The lowest BCUT2D eigenvalue weighted by molar-refractivity contribution is -0.165. The third-order valence-electron chi connectivity index (χ3n) is 2.02. The molecule has 0 aliphatic carbocycles. The Morgan fingerprint density at radius 2 is 1.88 bits per heavy atom. The second kappa shape index (κ2) is 7.89. The highest BCUT2D eigenvalue weighted by atomic mass is 127. The van der Waals surface area contributed by atoms with E-state index in [1.807, 2.05) is 0 Å². The third-order valence-corrected chi connectivity index (χ3v) is 2.78. The van der Waals surface area contributed by atoms with Gasteiger partial charge in [0.15, 0.2) is 0 Å². The van der Waals surface area contributed by atoms with Gasteiger partial charge in [0, 0.05) is 6.92 Å². The molecule has 0 rings (SSSR count). The van der Waals surface area contributed by atoms with Crippen molar-refractivity contribution in [1.29, 1.82) is 0 Å². The number of ether oxygens (including phenoxy) is 2. The van der Waals surface area contributed by atoms with Gasteiger partial charge in [0.1, 0.15) is 12.7 Å². The van der Waals surface area contributed by atoms with Crippen molar-refractivity contribution in [2.75, 3.05) is 11.0 Å². The molecule has 0 aromatic carbocycles. The zero-order chi connectivity index (χ0) is 13.5. The lowest BCUT2D eigenvalue weighted by Crippen LogP contribution is -2.31. The van der Waals surface area contributed by atoms with Crippen LogP contribution in [0.5, 0.6) is 0 Å². The maximum atomic E-state index is 11.7. The van der Waals surface area contributed by atoms with Crippen LogP contribution in [-0.2, 0) is 19.1 Å². The van der Waals surface area contributed by atoms with E-state index in [2.05, 4.69) is 22.6 Å². The van der Waals surface area contributed by atoms with Crippen molar-refractivity contribution in [3.05, 3.63) is 0 Å². The van der Waals surface area contributed by atoms with Gasteiger partial charge in [-0.25, -0.2) is 0 Å². The normalized spacial score (nSPS) is 13.0. The van der Waals surface area contributed by atoms with E-state index in [-0.39, 0.29) is 24.6 Å². The van der Waals surface area contributed by atoms with E-state index in [1.54, 1.807) is 20.8 Å². The molecule has 0 N–H and O–H groups in total. The summed E-state index contributed by atoms with van der Waals surface area (Å²) < 4.78 is 11.2. The Morgan fingerprint density at radius 1 is 1.29 bits per heavy atom. The summed E-state index contributed by atoms with van der Waals surface area (Å²) in [4.78, 5) is 22.5. The molecule has 0 amide bonds. The molecule has 100 valence electrons. The molecule has 0 aliphatic heterocycles. The second-order valence-electron chi connectivity index (χ2n) is 4.91. The first-order chi connectivity index (χ1) is 7.77. The summed E-state index contributed by atoms with van der Waals surface area (Å²) in [6.07, 6.45) is 1.32. The summed E-state index contributed by atoms with van der Waals surface area (Å²) in [6, 6.07) is 0. The van der Waals surface area contributed by atoms with Gasteiger partial charge >= 0.3 is 11.9 Å². The molecule has 0 aromatic heterocycles. The van der Waals surface area contributed by atoms with Gasteiger partial charge in [-0.1, -0.05) is 22.6 Å². The second-order valence-corrected chi connectivity index (χ2v) is 5.99. The van der Waals surface area contributed by atoms with E-state index >= 15 is 0 Å². The molecule has 0 heterocycles. The number of rotatable bonds is 6. The maximum absolute atomic E-state index is 11.7. The van der Waals surface area contributed by atoms with E-state index in [4.69, 9.17) is 9.47 Å². The summed E-state index contributed by atoms with van der Waals surface area (Å²) in [7, 11) is 0. The van der Waals surface area contributed by atoms with E-state index in [0.29, 0.717) is 0 Å². The lowest BCUT2D eigenvalue weighted by atomic mass is 9.97. The molecule has 0 aliphatic rings. The minimum atomic E-state index is -0.529. The van der Waals surface area contributed by atoms with Crippen molar-refractivity contribution >= 4 is 34.5 Å². The first-order valence-electron chi connectivity index (χ1n) is 5.67. The van der Waals surface area contributed by atoms with E-state index in [9.17, 15) is 9.59 Å². The SMILES string of the molecule is CC(=O)OCC(CCCI)OC(=O)C(C)(C)C. The minimum absolute atomic E-state index is 0.147. The highest BCUT2D eigenvalue weighted by Gasteiger charge is 2.26. The van der Waals surface area contributed by atoms with Gasteiger partial charge in [0.05, 0.1) is 5.41 Å². The fourth-order valence-electron chi connectivity index (χ4n) is 1.02. The summed E-state index contributed by atoms with van der Waals surface area (Å²) in [5, 5.41) is 0. The largest absolute Gasteiger partial charge is 0.462 e. The van der Waals surface area contributed by atoms with Crippen molar-refractivity contribution in [2.45, 2.75) is 46.6 Å². The molecule has 1 atom stereocenters. The Bertz CT molecular complexity index is 258. The molecular weight excluding hydrogens is 335 g/mol. The average molecular weight is 356 g/mol. The van der Waals surface area contributed by atoms with Crippen LogP contribution in [0, 0.1) is 5.41 Å². The fourth-order valence-corrected chi connectivity index (χ4v) is 1.46. The molecule has 0 spiro atoms. The van der Waals surface area contributed by atoms with Gasteiger partial charge in [-0.3, -0.25) is 9.59 Å². The highest BCUT2D eigenvalue weighted by molar-refractivity contribution is 14.1. The van der Waals surface area contributed by atoms with Gasteiger partial charge in [-0.15, -0.1) is 0 Å². The molecule has 0 saturated carbocycles. The molecule has 4 nitrogen and oxygen atoms in total. The monoisotopic (exact) mass is 356 g/mol. The average Bonchev–Trinajstić information content (AvgIpc) is 2.20. The number of halogens is 1. The molecule has 0 saturated heterocycles. The van der Waals surface area contributed by atoms with Crippen LogP contribution in [-0.4, -0.2) is 29.1 Å². The summed E-state index contributed by atoms with van der Waals surface area (Å²) >= 11 is 2.26. The smallest absolute Gasteiger partial charge is 0.311 e. The number of esters is 2. The Balaban J connectivity index is 4.27. The zero-order valence-corrected chi connectivity index (χ0v) is 13.1. The number of alkyl halides is 1. The molecule has 17 heavy (non-hydrogen) atoms. The van der Waals surface area contributed by atoms with Crippen LogP contribution in [0.15, 0.2) is 0 Å².